The van der Waals surface area contributed by atoms with Crippen LogP contribution in [0.2, 0.25) is 0 Å². The van der Waals surface area contributed by atoms with Gasteiger partial charge >= 0.3 is 17.8 Å². The molecular weight excluding hydrogens is 659 g/mol. The van der Waals surface area contributed by atoms with Crippen LogP contribution in [0, 0.1) is 16.7 Å². The molecule has 0 amide bonds. The lowest BCUT2D eigenvalue weighted by atomic mass is 9.72. The first-order valence-corrected chi connectivity index (χ1v) is 18.1. The first kappa shape index (κ1) is 40.5. The average Bonchev–Trinajstić information content (AvgIpc) is 2.98. The van der Waals surface area contributed by atoms with Crippen molar-refractivity contribution in [3.05, 3.63) is 64.0 Å². The zero-order valence-electron chi connectivity index (χ0n) is 29.8. The molecule has 272 valence electrons. The third kappa shape index (κ3) is 12.7. The smallest absolute Gasteiger partial charge is 0.417 e. The summed E-state index contributed by atoms with van der Waals surface area (Å²) in [5.74, 6) is -3.19. The zero-order valence-corrected chi connectivity index (χ0v) is 30.6. The first-order valence-electron chi connectivity index (χ1n) is 17.2. The van der Waals surface area contributed by atoms with E-state index < -0.39 is 23.3 Å². The van der Waals surface area contributed by atoms with Gasteiger partial charge in [0.15, 0.2) is 0 Å². The fourth-order valence-corrected chi connectivity index (χ4v) is 6.65. The summed E-state index contributed by atoms with van der Waals surface area (Å²) >= 11 is 1.33. The van der Waals surface area contributed by atoms with Crippen LogP contribution in [0.25, 0.3) is 22.1 Å². The molecule has 3 aromatic rings. The van der Waals surface area contributed by atoms with Crippen LogP contribution in [-0.2, 0) is 22.1 Å². The van der Waals surface area contributed by atoms with Gasteiger partial charge in [-0.2, -0.15) is 13.2 Å². The highest BCUT2D eigenvalue weighted by molar-refractivity contribution is 7.99. The van der Waals surface area contributed by atoms with Gasteiger partial charge in [0.1, 0.15) is 5.58 Å². The number of benzene rings is 2. The van der Waals surface area contributed by atoms with Crippen LogP contribution in [0.4, 0.5) is 22.0 Å². The van der Waals surface area contributed by atoms with E-state index in [4.69, 9.17) is 9.15 Å². The molecular formula is C39H51F5O4S. The Morgan fingerprint density at radius 2 is 1.55 bits per heavy atom. The Bertz CT molecular complexity index is 1600. The number of unbranched alkanes of at least 4 members (excludes halogenated alkanes) is 2. The molecule has 0 saturated heterocycles. The average molecular weight is 711 g/mol. The van der Waals surface area contributed by atoms with E-state index in [-0.39, 0.29) is 71.7 Å². The first-order chi connectivity index (χ1) is 22.7. The Morgan fingerprint density at radius 3 is 2.18 bits per heavy atom. The Labute approximate surface area is 291 Å². The molecule has 1 atom stereocenters. The van der Waals surface area contributed by atoms with E-state index in [2.05, 4.69) is 20.8 Å². The summed E-state index contributed by atoms with van der Waals surface area (Å²) in [7, 11) is 0. The number of fused-ring (bicyclic) bond motifs is 1. The molecule has 10 heteroatoms. The molecule has 0 radical (unpaired) electrons. The number of carbonyl (C=O) groups is 1. The van der Waals surface area contributed by atoms with E-state index in [9.17, 15) is 31.5 Å². The monoisotopic (exact) mass is 710 g/mol. The van der Waals surface area contributed by atoms with Gasteiger partial charge in [0.2, 0.25) is 5.92 Å². The van der Waals surface area contributed by atoms with E-state index in [0.717, 1.165) is 25.3 Å². The van der Waals surface area contributed by atoms with Crippen molar-refractivity contribution in [2.45, 2.75) is 123 Å². The number of rotatable bonds is 16. The maximum atomic E-state index is 14.6. The Kier molecular flexibility index (Phi) is 14.0. The summed E-state index contributed by atoms with van der Waals surface area (Å²) in [6.45, 7) is 14.1. The second kappa shape index (κ2) is 16.9. The lowest BCUT2D eigenvalue weighted by Crippen LogP contribution is -2.34. The summed E-state index contributed by atoms with van der Waals surface area (Å²) in [5.41, 5.74) is -1.75. The van der Waals surface area contributed by atoms with E-state index in [1.165, 1.54) is 23.9 Å². The second-order valence-electron chi connectivity index (χ2n) is 15.2. The van der Waals surface area contributed by atoms with Crippen LogP contribution in [0.5, 0.6) is 0 Å². The van der Waals surface area contributed by atoms with Crippen molar-refractivity contribution < 1.29 is 35.9 Å². The van der Waals surface area contributed by atoms with Crippen LogP contribution < -0.4 is 5.63 Å². The van der Waals surface area contributed by atoms with Gasteiger partial charge in [-0.25, -0.2) is 13.6 Å². The summed E-state index contributed by atoms with van der Waals surface area (Å²) in [5, 5.41) is 0.457. The number of thioether (sulfide) groups is 1. The van der Waals surface area contributed by atoms with Crippen molar-refractivity contribution >= 4 is 28.7 Å². The molecule has 49 heavy (non-hydrogen) atoms. The molecule has 0 N–H and O–H groups in total. The van der Waals surface area contributed by atoms with E-state index in [1.54, 1.807) is 24.3 Å². The van der Waals surface area contributed by atoms with Crippen molar-refractivity contribution in [2.75, 3.05) is 12.4 Å². The van der Waals surface area contributed by atoms with Crippen LogP contribution in [-0.4, -0.2) is 24.3 Å². The molecule has 4 nitrogen and oxygen atoms in total. The lowest BCUT2D eigenvalue weighted by molar-refractivity contribution is -0.154. The molecule has 0 aliphatic carbocycles. The van der Waals surface area contributed by atoms with Crippen LogP contribution in [0.15, 0.2) is 56.6 Å². The van der Waals surface area contributed by atoms with Gasteiger partial charge in [0.25, 0.3) is 0 Å². The molecule has 0 bridgehead atoms. The minimum atomic E-state index is -4.65. The van der Waals surface area contributed by atoms with E-state index in [0.29, 0.717) is 34.4 Å². The molecule has 0 aliphatic heterocycles. The summed E-state index contributed by atoms with van der Waals surface area (Å²) in [6, 6.07) is 10.5. The molecule has 0 fully saturated rings. The largest absolute Gasteiger partial charge is 0.465 e. The van der Waals surface area contributed by atoms with Gasteiger partial charge in [-0.1, -0.05) is 79.5 Å². The number of hydrogen-bond donors (Lipinski definition) is 0. The fourth-order valence-electron chi connectivity index (χ4n) is 5.77. The lowest BCUT2D eigenvalue weighted by Gasteiger charge is -2.33. The highest BCUT2D eigenvalue weighted by Gasteiger charge is 2.37. The van der Waals surface area contributed by atoms with E-state index in [1.807, 2.05) is 27.7 Å². The molecule has 1 heterocycles. The normalized spacial score (nSPS) is 13.6. The maximum absolute atomic E-state index is 14.6. The minimum Gasteiger partial charge on any atom is -0.465 e. The predicted octanol–water partition coefficient (Wildman–Crippen LogP) is 12.1. The van der Waals surface area contributed by atoms with Gasteiger partial charge in [-0.15, -0.1) is 11.8 Å². The summed E-state index contributed by atoms with van der Waals surface area (Å²) in [6.07, 6.45) is -1.25. The van der Waals surface area contributed by atoms with Crippen molar-refractivity contribution in [3.8, 4) is 11.1 Å². The fraction of sp³-hybridized carbons (Fsp3) is 0.590. The van der Waals surface area contributed by atoms with Gasteiger partial charge in [0.05, 0.1) is 23.7 Å². The number of ether oxygens (including phenoxy) is 1. The number of hydrogen-bond acceptors (Lipinski definition) is 5. The molecule has 1 aromatic heterocycles. The highest BCUT2D eigenvalue weighted by Crippen LogP contribution is 2.39. The standard InChI is InChI=1S/C39H51F5O4S/c1-8-9-10-13-26-14-17-29(31(22-26)39(42,43)44)30-23-27-15-16-28(24-33(27)48-34(30)45)49-21-12-19-38(40,41)18-11-20-47-35(46)32(37(5,6)7)25-36(2,3)4/h14-17,22-24,32H,8-13,18-21,25H2,1-7H3. The van der Waals surface area contributed by atoms with Crippen molar-refractivity contribution in [3.63, 3.8) is 0 Å². The predicted molar refractivity (Wildman–Crippen MR) is 188 cm³/mol. The molecule has 0 saturated carbocycles. The zero-order chi connectivity index (χ0) is 36.6. The maximum Gasteiger partial charge on any atom is 0.417 e. The number of halogens is 5. The van der Waals surface area contributed by atoms with Gasteiger partial charge in [-0.05, 0) is 78.5 Å². The van der Waals surface area contributed by atoms with E-state index >= 15 is 0 Å². The van der Waals surface area contributed by atoms with Gasteiger partial charge in [0, 0.05) is 28.7 Å². The quantitative estimate of drug-likeness (QED) is 0.0487. The number of aryl methyl sites for hydroxylation is 1. The van der Waals surface area contributed by atoms with Gasteiger partial charge in [-0.3, -0.25) is 4.79 Å². The van der Waals surface area contributed by atoms with Crippen molar-refractivity contribution in [1.82, 2.24) is 0 Å². The van der Waals surface area contributed by atoms with Crippen molar-refractivity contribution in [2.24, 2.45) is 16.7 Å². The van der Waals surface area contributed by atoms with Crippen molar-refractivity contribution in [1.29, 1.82) is 0 Å². The second-order valence-corrected chi connectivity index (χ2v) is 16.4. The molecule has 0 aliphatic rings. The third-order valence-electron chi connectivity index (χ3n) is 8.49. The topological polar surface area (TPSA) is 56.5 Å². The van der Waals surface area contributed by atoms with Crippen LogP contribution in [0.3, 0.4) is 0 Å². The Morgan fingerprint density at radius 1 is 0.857 bits per heavy atom. The highest BCUT2D eigenvalue weighted by atomic mass is 32.2. The van der Waals surface area contributed by atoms with Gasteiger partial charge < -0.3 is 9.15 Å². The third-order valence-corrected chi connectivity index (χ3v) is 9.57. The minimum absolute atomic E-state index is 0.0498. The molecule has 0 spiro atoms. The number of esters is 1. The Hall–Kier alpha value is -2.88. The van der Waals surface area contributed by atoms with Crippen LogP contribution in [0.1, 0.15) is 111 Å². The summed E-state index contributed by atoms with van der Waals surface area (Å²) in [4.78, 5) is 26.3. The Balaban J connectivity index is 1.56. The van der Waals surface area contributed by atoms with Crippen LogP contribution >= 0.6 is 11.8 Å². The molecule has 3 rings (SSSR count). The molecule has 1 unspecified atom stereocenters. The summed E-state index contributed by atoms with van der Waals surface area (Å²) < 4.78 is 82.2. The SMILES string of the molecule is CCCCCc1ccc(-c2cc3ccc(SCCCC(F)(F)CCCOC(=O)C(CC(C)(C)C)C(C)(C)C)cc3oc2=O)c(C(F)(F)F)c1. The molecule has 2 aromatic carbocycles. The number of alkyl halides is 5. The number of carbonyl (C=O) groups excluding carboxylic acids is 1.